The van der Waals surface area contributed by atoms with Crippen LogP contribution in [-0.4, -0.2) is 11.7 Å². The number of halogens is 1. The van der Waals surface area contributed by atoms with Gasteiger partial charge >= 0.3 is 0 Å². The molecule has 21 heavy (non-hydrogen) atoms. The van der Waals surface area contributed by atoms with E-state index < -0.39 is 6.10 Å². The van der Waals surface area contributed by atoms with E-state index in [9.17, 15) is 5.11 Å². The monoisotopic (exact) mass is 302 g/mol. The van der Waals surface area contributed by atoms with Crippen molar-refractivity contribution in [2.24, 2.45) is 0 Å². The molecule has 0 aliphatic carbocycles. The minimum absolute atomic E-state index is 0.521. The summed E-state index contributed by atoms with van der Waals surface area (Å²) in [6.07, 6.45) is 0.868. The van der Waals surface area contributed by atoms with Crippen molar-refractivity contribution in [3.63, 3.8) is 0 Å². The van der Waals surface area contributed by atoms with Crippen molar-refractivity contribution in [2.45, 2.75) is 32.8 Å². The number of aryl methyl sites for hydroxylation is 2. The Hall–Kier alpha value is -1.51. The van der Waals surface area contributed by atoms with Gasteiger partial charge in [0.05, 0.1) is 12.7 Å². The van der Waals surface area contributed by atoms with Crippen LogP contribution in [0.25, 0.3) is 0 Å². The molecule has 2 aromatic carbocycles. The van der Waals surface area contributed by atoms with E-state index in [4.69, 9.17) is 16.3 Å². The molecule has 1 atom stereocenters. The molecule has 0 bridgehead atoms. The van der Waals surface area contributed by atoms with Crippen LogP contribution in [0.5, 0.6) is 5.75 Å². The average Bonchev–Trinajstić information content (AvgIpc) is 2.89. The van der Waals surface area contributed by atoms with Crippen molar-refractivity contribution in [3.05, 3.63) is 63.2 Å². The topological polar surface area (TPSA) is 29.5 Å². The zero-order chi connectivity index (χ0) is 15.0. The van der Waals surface area contributed by atoms with Crippen LogP contribution < -0.4 is 4.74 Å². The lowest BCUT2D eigenvalue weighted by Crippen LogP contribution is -2.05. The van der Waals surface area contributed by atoms with Crippen LogP contribution in [0.15, 0.2) is 30.3 Å². The Morgan fingerprint density at radius 3 is 2.86 bits per heavy atom. The predicted molar refractivity (Wildman–Crippen MR) is 85.2 cm³/mol. The van der Waals surface area contributed by atoms with Crippen molar-refractivity contribution < 1.29 is 9.84 Å². The maximum Gasteiger partial charge on any atom is 0.126 e. The van der Waals surface area contributed by atoms with Crippen molar-refractivity contribution >= 4 is 11.6 Å². The van der Waals surface area contributed by atoms with Crippen LogP contribution >= 0.6 is 11.6 Å². The maximum absolute atomic E-state index is 10.6. The van der Waals surface area contributed by atoms with Crippen LogP contribution in [-0.2, 0) is 12.8 Å². The molecule has 1 N–H and O–H groups in total. The van der Waals surface area contributed by atoms with E-state index in [0.717, 1.165) is 40.0 Å². The lowest BCUT2D eigenvalue weighted by Gasteiger charge is -2.16. The zero-order valence-electron chi connectivity index (χ0n) is 12.3. The van der Waals surface area contributed by atoms with E-state index in [0.29, 0.717) is 18.1 Å². The van der Waals surface area contributed by atoms with E-state index in [-0.39, 0.29) is 0 Å². The first kappa shape index (κ1) is 14.4. The number of ether oxygens (including phenoxy) is 1. The lowest BCUT2D eigenvalue weighted by atomic mass is 9.95. The first-order chi connectivity index (χ1) is 10.0. The van der Waals surface area contributed by atoms with Gasteiger partial charge in [-0.1, -0.05) is 35.4 Å². The molecule has 0 spiro atoms. The maximum atomic E-state index is 10.6. The third kappa shape index (κ3) is 2.92. The van der Waals surface area contributed by atoms with Crippen LogP contribution in [0.3, 0.4) is 0 Å². The molecule has 2 nitrogen and oxygen atoms in total. The third-order valence-electron chi connectivity index (χ3n) is 4.03. The highest BCUT2D eigenvalue weighted by molar-refractivity contribution is 6.30. The second kappa shape index (κ2) is 5.70. The van der Waals surface area contributed by atoms with Gasteiger partial charge in [-0.15, -0.1) is 0 Å². The van der Waals surface area contributed by atoms with E-state index in [1.54, 1.807) is 0 Å². The Morgan fingerprint density at radius 2 is 2.05 bits per heavy atom. The fourth-order valence-electron chi connectivity index (χ4n) is 2.93. The second-order valence-electron chi connectivity index (χ2n) is 5.73. The molecule has 3 heteroatoms. The standard InChI is InChI=1S/C18H19ClO2/c1-11-3-4-12(2)16(7-11)17(20)10-14-9-15(19)8-13-5-6-21-18(13)14/h3-4,7-9,17,20H,5-6,10H2,1-2H3. The predicted octanol–water partition coefficient (Wildman–Crippen LogP) is 4.17. The number of benzene rings is 2. The van der Waals surface area contributed by atoms with E-state index in [2.05, 4.69) is 6.07 Å². The molecule has 0 saturated heterocycles. The smallest absolute Gasteiger partial charge is 0.126 e. The van der Waals surface area contributed by atoms with Crippen molar-refractivity contribution in [2.75, 3.05) is 6.61 Å². The summed E-state index contributed by atoms with van der Waals surface area (Å²) >= 11 is 6.18. The van der Waals surface area contributed by atoms with Gasteiger partial charge in [-0.3, -0.25) is 0 Å². The zero-order valence-corrected chi connectivity index (χ0v) is 13.1. The summed E-state index contributed by atoms with van der Waals surface area (Å²) in [7, 11) is 0. The minimum atomic E-state index is -0.545. The molecule has 2 aromatic rings. The molecule has 0 fully saturated rings. The van der Waals surface area contributed by atoms with Gasteiger partial charge in [0, 0.05) is 17.9 Å². The summed E-state index contributed by atoms with van der Waals surface area (Å²) in [5, 5.41) is 11.3. The summed E-state index contributed by atoms with van der Waals surface area (Å²) in [6.45, 7) is 4.76. The average molecular weight is 303 g/mol. The molecule has 0 radical (unpaired) electrons. The first-order valence-corrected chi connectivity index (χ1v) is 7.61. The van der Waals surface area contributed by atoms with Crippen molar-refractivity contribution in [1.29, 1.82) is 0 Å². The Morgan fingerprint density at radius 1 is 1.24 bits per heavy atom. The number of fused-ring (bicyclic) bond motifs is 1. The Bertz CT molecular complexity index is 679. The van der Waals surface area contributed by atoms with Gasteiger partial charge in [-0.05, 0) is 48.2 Å². The van der Waals surface area contributed by atoms with Crippen LogP contribution in [0, 0.1) is 13.8 Å². The van der Waals surface area contributed by atoms with Gasteiger partial charge in [-0.25, -0.2) is 0 Å². The number of rotatable bonds is 3. The fraction of sp³-hybridized carbons (Fsp3) is 0.333. The molecule has 1 unspecified atom stereocenters. The molecule has 0 saturated carbocycles. The molecule has 3 rings (SSSR count). The molecular formula is C18H19ClO2. The highest BCUT2D eigenvalue weighted by atomic mass is 35.5. The summed E-state index contributed by atoms with van der Waals surface area (Å²) in [5.74, 6) is 0.906. The SMILES string of the molecule is Cc1ccc(C)c(C(O)Cc2cc(Cl)cc3c2OCC3)c1. The van der Waals surface area contributed by atoms with Gasteiger partial charge in [0.15, 0.2) is 0 Å². The Kier molecular flexibility index (Phi) is 3.92. The third-order valence-corrected chi connectivity index (χ3v) is 4.25. The number of hydrogen-bond acceptors (Lipinski definition) is 2. The van der Waals surface area contributed by atoms with Gasteiger partial charge in [0.25, 0.3) is 0 Å². The molecule has 0 amide bonds. The van der Waals surface area contributed by atoms with Crippen LogP contribution in [0.2, 0.25) is 5.02 Å². The minimum Gasteiger partial charge on any atom is -0.493 e. The molecule has 1 heterocycles. The normalized spacial score (nSPS) is 14.7. The molecular weight excluding hydrogens is 284 g/mol. The van der Waals surface area contributed by atoms with Crippen molar-refractivity contribution in [1.82, 2.24) is 0 Å². The van der Waals surface area contributed by atoms with Gasteiger partial charge < -0.3 is 9.84 Å². The summed E-state index contributed by atoms with van der Waals surface area (Å²) in [5.41, 5.74) is 5.37. The fourth-order valence-corrected chi connectivity index (χ4v) is 3.20. The summed E-state index contributed by atoms with van der Waals surface area (Å²) < 4.78 is 5.71. The number of hydrogen-bond donors (Lipinski definition) is 1. The highest BCUT2D eigenvalue weighted by Crippen LogP contribution is 2.35. The van der Waals surface area contributed by atoms with Crippen LogP contribution in [0.4, 0.5) is 0 Å². The summed E-state index contributed by atoms with van der Waals surface area (Å²) in [4.78, 5) is 0. The van der Waals surface area contributed by atoms with E-state index in [1.165, 1.54) is 0 Å². The lowest BCUT2D eigenvalue weighted by molar-refractivity contribution is 0.176. The van der Waals surface area contributed by atoms with Gasteiger partial charge in [-0.2, -0.15) is 0 Å². The highest BCUT2D eigenvalue weighted by Gasteiger charge is 2.20. The molecule has 0 aromatic heterocycles. The van der Waals surface area contributed by atoms with Gasteiger partial charge in [0.1, 0.15) is 5.75 Å². The van der Waals surface area contributed by atoms with Crippen molar-refractivity contribution in [3.8, 4) is 5.75 Å². The van der Waals surface area contributed by atoms with Gasteiger partial charge in [0.2, 0.25) is 0 Å². The first-order valence-electron chi connectivity index (χ1n) is 7.24. The second-order valence-corrected chi connectivity index (χ2v) is 6.17. The summed E-state index contributed by atoms with van der Waals surface area (Å²) in [6, 6.07) is 10.0. The Labute approximate surface area is 130 Å². The largest absolute Gasteiger partial charge is 0.493 e. The molecule has 110 valence electrons. The number of aliphatic hydroxyl groups is 1. The van der Waals surface area contributed by atoms with E-state index in [1.807, 2.05) is 38.1 Å². The molecule has 1 aliphatic rings. The van der Waals surface area contributed by atoms with Crippen LogP contribution in [0.1, 0.15) is 33.9 Å². The number of aliphatic hydroxyl groups excluding tert-OH is 1. The molecule has 1 aliphatic heterocycles. The quantitative estimate of drug-likeness (QED) is 0.922. The Balaban J connectivity index is 1.92. The van der Waals surface area contributed by atoms with E-state index >= 15 is 0 Å².